The highest BCUT2D eigenvalue weighted by atomic mass is 79.9. The molecule has 0 spiro atoms. The summed E-state index contributed by atoms with van der Waals surface area (Å²) in [6.07, 6.45) is -4.78. The van der Waals surface area contributed by atoms with Crippen LogP contribution in [-0.2, 0) is 6.18 Å². The second-order valence-electron chi connectivity index (χ2n) is 6.32. The number of aromatic nitrogens is 3. The molecule has 13 heteroatoms. The number of alkyl halides is 3. The Morgan fingerprint density at radius 3 is 2.59 bits per heavy atom. The monoisotopic (exact) mass is 592 g/mol. The van der Waals surface area contributed by atoms with Gasteiger partial charge in [-0.3, -0.25) is 4.79 Å². The van der Waals surface area contributed by atoms with Crippen LogP contribution in [0.3, 0.4) is 0 Å². The van der Waals surface area contributed by atoms with Crippen LogP contribution in [0.4, 0.5) is 18.9 Å². The minimum atomic E-state index is -4.78. The molecule has 7 nitrogen and oxygen atoms in total. The first-order valence-corrected chi connectivity index (χ1v) is 10.6. The van der Waals surface area contributed by atoms with E-state index in [0.29, 0.717) is 20.0 Å². The van der Waals surface area contributed by atoms with Crippen LogP contribution < -0.4 is 10.1 Å². The first kappa shape index (κ1) is 22.6. The van der Waals surface area contributed by atoms with Crippen LogP contribution in [0.1, 0.15) is 16.2 Å². The number of amides is 1. The van der Waals surface area contributed by atoms with Gasteiger partial charge in [0.2, 0.25) is 0 Å². The maximum absolute atomic E-state index is 13.8. The van der Waals surface area contributed by atoms with E-state index in [1.165, 1.54) is 31.4 Å². The third kappa shape index (κ3) is 4.21. The first-order valence-electron chi connectivity index (χ1n) is 8.65. The van der Waals surface area contributed by atoms with Gasteiger partial charge in [-0.1, -0.05) is 11.6 Å². The van der Waals surface area contributed by atoms with Crippen LogP contribution in [0.25, 0.3) is 17.1 Å². The predicted molar refractivity (Wildman–Crippen MR) is 117 cm³/mol. The Labute approximate surface area is 199 Å². The minimum Gasteiger partial charge on any atom is -0.495 e. The lowest BCUT2D eigenvalue weighted by Gasteiger charge is -2.10. The molecule has 4 aromatic rings. The zero-order chi connectivity index (χ0) is 23.2. The fourth-order valence-electron chi connectivity index (χ4n) is 2.88. The van der Waals surface area contributed by atoms with Gasteiger partial charge in [0.15, 0.2) is 27.5 Å². The van der Waals surface area contributed by atoms with Crippen LogP contribution >= 0.6 is 43.5 Å². The van der Waals surface area contributed by atoms with Crippen molar-refractivity contribution in [2.45, 2.75) is 6.18 Å². The zero-order valence-electron chi connectivity index (χ0n) is 15.8. The molecule has 0 bridgehead atoms. The van der Waals surface area contributed by atoms with Gasteiger partial charge in [-0.2, -0.15) is 18.3 Å². The molecular weight excluding hydrogens is 584 g/mol. The molecule has 0 radical (unpaired) electrons. The minimum absolute atomic E-state index is 0.0334. The Balaban J connectivity index is 1.84. The number of halogens is 6. The van der Waals surface area contributed by atoms with Crippen molar-refractivity contribution in [3.05, 3.63) is 62.0 Å². The second kappa shape index (κ2) is 8.41. The summed E-state index contributed by atoms with van der Waals surface area (Å²) in [6, 6.07) is 8.32. The predicted octanol–water partition coefficient (Wildman–Crippen LogP) is 6.45. The summed E-state index contributed by atoms with van der Waals surface area (Å²) in [6.45, 7) is 0. The number of hydrogen-bond donors (Lipinski definition) is 1. The number of rotatable bonds is 4. The molecule has 0 saturated carbocycles. The molecule has 0 fully saturated rings. The second-order valence-corrected chi connectivity index (χ2v) is 8.34. The van der Waals surface area contributed by atoms with E-state index in [1.54, 1.807) is 6.07 Å². The molecule has 3 heterocycles. The summed E-state index contributed by atoms with van der Waals surface area (Å²) >= 11 is 12.2. The average Bonchev–Trinajstić information content (AvgIpc) is 3.30. The SMILES string of the molecule is COc1ccc(Cl)cc1NC(=O)c1nn2c(C(F)(F)F)cc(-c3ccc(Br)o3)nc2c1Br. The molecule has 1 aromatic carbocycles. The summed E-state index contributed by atoms with van der Waals surface area (Å²) in [5.74, 6) is -0.381. The van der Waals surface area contributed by atoms with Crippen molar-refractivity contribution in [2.75, 3.05) is 12.4 Å². The van der Waals surface area contributed by atoms with Gasteiger partial charge in [-0.25, -0.2) is 9.50 Å². The van der Waals surface area contributed by atoms with E-state index >= 15 is 0 Å². The number of anilines is 1. The van der Waals surface area contributed by atoms with E-state index < -0.39 is 17.8 Å². The number of nitrogens with zero attached hydrogens (tertiary/aromatic N) is 3. The van der Waals surface area contributed by atoms with Crippen LogP contribution in [0, 0.1) is 0 Å². The number of ether oxygens (including phenoxy) is 1. The lowest BCUT2D eigenvalue weighted by Crippen LogP contribution is -2.16. The molecule has 0 aliphatic carbocycles. The highest BCUT2D eigenvalue weighted by Gasteiger charge is 2.37. The number of methoxy groups -OCH3 is 1. The molecule has 0 aliphatic rings. The lowest BCUT2D eigenvalue weighted by molar-refractivity contribution is -0.142. The Kier molecular flexibility index (Phi) is 5.94. The van der Waals surface area contributed by atoms with E-state index in [2.05, 4.69) is 47.3 Å². The summed E-state index contributed by atoms with van der Waals surface area (Å²) < 4.78 is 52.7. The van der Waals surface area contributed by atoms with Crippen molar-refractivity contribution in [3.8, 4) is 17.2 Å². The fourth-order valence-corrected chi connectivity index (χ4v) is 3.87. The third-order valence-corrected chi connectivity index (χ3v) is 5.67. The van der Waals surface area contributed by atoms with Gasteiger partial charge < -0.3 is 14.5 Å². The van der Waals surface area contributed by atoms with E-state index in [4.69, 9.17) is 20.8 Å². The van der Waals surface area contributed by atoms with Gasteiger partial charge in [0.25, 0.3) is 5.91 Å². The van der Waals surface area contributed by atoms with Gasteiger partial charge in [0.1, 0.15) is 11.4 Å². The van der Waals surface area contributed by atoms with Crippen LogP contribution in [0.15, 0.2) is 50.0 Å². The summed E-state index contributed by atoms with van der Waals surface area (Å²) in [5.41, 5.74) is -1.53. The summed E-state index contributed by atoms with van der Waals surface area (Å²) in [7, 11) is 1.40. The Hall–Kier alpha value is -2.57. The van der Waals surface area contributed by atoms with Crippen molar-refractivity contribution < 1.29 is 27.1 Å². The molecule has 0 aliphatic heterocycles. The molecule has 0 unspecified atom stereocenters. The highest BCUT2D eigenvalue weighted by Crippen LogP contribution is 2.36. The van der Waals surface area contributed by atoms with Gasteiger partial charge >= 0.3 is 6.18 Å². The topological polar surface area (TPSA) is 81.7 Å². The standard InChI is InChI=1S/C19H10Br2ClF3N4O3/c1-31-11-3-2-8(22)6-9(11)27-18(30)16-15(21)17-26-10(12-4-5-14(20)32-12)7-13(19(23,24)25)29(17)28-16/h2-7H,1H3,(H,27,30). The largest absolute Gasteiger partial charge is 0.495 e. The molecule has 1 N–H and O–H groups in total. The Bertz CT molecular complexity index is 1350. The van der Waals surface area contributed by atoms with E-state index in [-0.39, 0.29) is 33.0 Å². The number of hydrogen-bond acceptors (Lipinski definition) is 5. The smallest absolute Gasteiger partial charge is 0.433 e. The number of furan rings is 1. The van der Waals surface area contributed by atoms with Crippen molar-refractivity contribution >= 4 is 60.7 Å². The van der Waals surface area contributed by atoms with Crippen molar-refractivity contribution in [1.82, 2.24) is 14.6 Å². The first-order chi connectivity index (χ1) is 15.1. The molecule has 32 heavy (non-hydrogen) atoms. The fraction of sp³-hybridized carbons (Fsp3) is 0.105. The molecule has 1 amide bonds. The molecular formula is C19H10Br2ClF3N4O3. The molecule has 0 atom stereocenters. The van der Waals surface area contributed by atoms with Gasteiger partial charge in [-0.15, -0.1) is 0 Å². The normalized spacial score (nSPS) is 11.7. The Morgan fingerprint density at radius 2 is 1.97 bits per heavy atom. The molecule has 4 rings (SSSR count). The number of carbonyl (C=O) groups excluding carboxylic acids is 1. The maximum atomic E-state index is 13.8. The van der Waals surface area contributed by atoms with Crippen LogP contribution in [0.5, 0.6) is 5.75 Å². The van der Waals surface area contributed by atoms with E-state index in [9.17, 15) is 18.0 Å². The van der Waals surface area contributed by atoms with Crippen LogP contribution in [-0.4, -0.2) is 27.6 Å². The van der Waals surface area contributed by atoms with E-state index in [1.807, 2.05) is 0 Å². The number of carbonyl (C=O) groups is 1. The summed E-state index contributed by atoms with van der Waals surface area (Å²) in [4.78, 5) is 17.1. The lowest BCUT2D eigenvalue weighted by atomic mass is 10.2. The molecule has 166 valence electrons. The molecule has 0 saturated heterocycles. The number of nitrogens with one attached hydrogen (secondary N) is 1. The van der Waals surface area contributed by atoms with Gasteiger partial charge in [-0.05, 0) is 68.3 Å². The van der Waals surface area contributed by atoms with Gasteiger partial charge in [0, 0.05) is 5.02 Å². The van der Waals surface area contributed by atoms with Crippen molar-refractivity contribution in [3.63, 3.8) is 0 Å². The average molecular weight is 595 g/mol. The Morgan fingerprint density at radius 1 is 1.22 bits per heavy atom. The molecule has 3 aromatic heterocycles. The van der Waals surface area contributed by atoms with E-state index in [0.717, 1.165) is 6.07 Å². The quantitative estimate of drug-likeness (QED) is 0.294. The number of fused-ring (bicyclic) bond motifs is 1. The number of benzene rings is 1. The highest BCUT2D eigenvalue weighted by molar-refractivity contribution is 9.10. The zero-order valence-corrected chi connectivity index (χ0v) is 19.7. The van der Waals surface area contributed by atoms with Crippen LogP contribution in [0.2, 0.25) is 5.02 Å². The summed E-state index contributed by atoms with van der Waals surface area (Å²) in [5, 5.41) is 6.72. The third-order valence-electron chi connectivity index (χ3n) is 4.27. The van der Waals surface area contributed by atoms with Crippen molar-refractivity contribution in [1.29, 1.82) is 0 Å². The maximum Gasteiger partial charge on any atom is 0.433 e. The van der Waals surface area contributed by atoms with Gasteiger partial charge in [0.05, 0.1) is 17.3 Å². The van der Waals surface area contributed by atoms with Crippen molar-refractivity contribution in [2.24, 2.45) is 0 Å².